The van der Waals surface area contributed by atoms with Crippen molar-refractivity contribution in [3.63, 3.8) is 0 Å². The summed E-state index contributed by atoms with van der Waals surface area (Å²) in [5.41, 5.74) is 2.83. The number of benzene rings is 1. The minimum Gasteiger partial charge on any atom is -0.378 e. The Hall–Kier alpha value is -3.19. The van der Waals surface area contributed by atoms with E-state index in [1.54, 1.807) is 10.9 Å². The summed E-state index contributed by atoms with van der Waals surface area (Å²) in [7, 11) is 0. The zero-order valence-electron chi connectivity index (χ0n) is 15.6. The van der Waals surface area contributed by atoms with E-state index in [1.807, 2.05) is 54.9 Å². The fraction of sp³-hybridized carbons (Fsp3) is 0.286. The van der Waals surface area contributed by atoms with Gasteiger partial charge in [0.05, 0.1) is 31.5 Å². The Kier molecular flexibility index (Phi) is 5.63. The largest absolute Gasteiger partial charge is 0.378 e. The van der Waals surface area contributed by atoms with Crippen LogP contribution in [-0.4, -0.2) is 47.0 Å². The zero-order chi connectivity index (χ0) is 19.2. The molecule has 1 aliphatic rings. The maximum Gasteiger partial charge on any atom is 0.224 e. The van der Waals surface area contributed by atoms with Gasteiger partial charge < -0.3 is 15.0 Å². The molecule has 0 saturated carbocycles. The van der Waals surface area contributed by atoms with Crippen molar-refractivity contribution in [2.75, 3.05) is 31.2 Å². The highest BCUT2D eigenvalue weighted by Crippen LogP contribution is 2.13. The molecule has 2 aromatic heterocycles. The van der Waals surface area contributed by atoms with Crippen LogP contribution in [0, 0.1) is 0 Å². The molecule has 144 valence electrons. The second-order valence-corrected chi connectivity index (χ2v) is 6.71. The number of pyridine rings is 1. The van der Waals surface area contributed by atoms with Gasteiger partial charge in [0.15, 0.2) is 0 Å². The number of carbonyl (C=O) groups excluding carboxylic acids is 1. The highest BCUT2D eigenvalue weighted by molar-refractivity contribution is 5.78. The van der Waals surface area contributed by atoms with E-state index in [1.165, 1.54) is 0 Å². The first-order valence-corrected chi connectivity index (χ1v) is 9.41. The van der Waals surface area contributed by atoms with Crippen molar-refractivity contribution < 1.29 is 9.53 Å². The molecule has 0 radical (unpaired) electrons. The molecule has 7 heteroatoms. The van der Waals surface area contributed by atoms with Gasteiger partial charge in [0.1, 0.15) is 5.82 Å². The Labute approximate surface area is 164 Å². The third-order valence-electron chi connectivity index (χ3n) is 4.66. The summed E-state index contributed by atoms with van der Waals surface area (Å²) in [4.78, 5) is 19.0. The molecule has 1 aliphatic heterocycles. The second-order valence-electron chi connectivity index (χ2n) is 6.71. The lowest BCUT2D eigenvalue weighted by atomic mass is 10.2. The van der Waals surface area contributed by atoms with Gasteiger partial charge in [0, 0.05) is 32.0 Å². The van der Waals surface area contributed by atoms with Crippen LogP contribution in [0.3, 0.4) is 0 Å². The van der Waals surface area contributed by atoms with Crippen molar-refractivity contribution in [2.24, 2.45) is 0 Å². The van der Waals surface area contributed by atoms with Crippen LogP contribution < -0.4 is 10.2 Å². The summed E-state index contributed by atoms with van der Waals surface area (Å²) in [5, 5.41) is 7.27. The van der Waals surface area contributed by atoms with Gasteiger partial charge in [-0.15, -0.1) is 0 Å². The van der Waals surface area contributed by atoms with E-state index in [4.69, 9.17) is 4.74 Å². The van der Waals surface area contributed by atoms with Gasteiger partial charge in [-0.2, -0.15) is 5.10 Å². The monoisotopic (exact) mass is 377 g/mol. The number of para-hydroxylation sites is 1. The maximum atomic E-state index is 12.3. The van der Waals surface area contributed by atoms with Crippen LogP contribution in [0.5, 0.6) is 0 Å². The number of nitrogens with zero attached hydrogens (tertiary/aromatic N) is 4. The lowest BCUT2D eigenvalue weighted by molar-refractivity contribution is -0.120. The Morgan fingerprint density at radius 2 is 1.86 bits per heavy atom. The van der Waals surface area contributed by atoms with E-state index in [0.717, 1.165) is 48.9 Å². The summed E-state index contributed by atoms with van der Waals surface area (Å²) in [6.45, 7) is 3.65. The average molecular weight is 377 g/mol. The molecule has 1 saturated heterocycles. The van der Waals surface area contributed by atoms with E-state index < -0.39 is 0 Å². The molecule has 3 aromatic rings. The van der Waals surface area contributed by atoms with E-state index in [0.29, 0.717) is 13.0 Å². The molecule has 0 bridgehead atoms. The molecule has 3 heterocycles. The molecule has 0 spiro atoms. The summed E-state index contributed by atoms with van der Waals surface area (Å²) >= 11 is 0. The van der Waals surface area contributed by atoms with E-state index in [2.05, 4.69) is 20.3 Å². The molecule has 1 N–H and O–H groups in total. The van der Waals surface area contributed by atoms with Crippen LogP contribution in [-0.2, 0) is 22.5 Å². The van der Waals surface area contributed by atoms with Crippen LogP contribution in [0.4, 0.5) is 5.82 Å². The van der Waals surface area contributed by atoms with Crippen molar-refractivity contribution in [1.82, 2.24) is 20.1 Å². The van der Waals surface area contributed by atoms with Crippen molar-refractivity contribution in [1.29, 1.82) is 0 Å². The molecule has 1 aromatic carbocycles. The first-order chi connectivity index (χ1) is 13.8. The average Bonchev–Trinajstić information content (AvgIpc) is 3.22. The van der Waals surface area contributed by atoms with Gasteiger partial charge in [0.2, 0.25) is 5.91 Å². The summed E-state index contributed by atoms with van der Waals surface area (Å²) in [6, 6.07) is 13.8. The third-order valence-corrected chi connectivity index (χ3v) is 4.66. The van der Waals surface area contributed by atoms with Crippen molar-refractivity contribution in [2.45, 2.75) is 13.0 Å². The predicted molar refractivity (Wildman–Crippen MR) is 106 cm³/mol. The SMILES string of the molecule is O=C(Cc1cnn(-c2ccccc2)c1)NCc1ccc(N2CCOCC2)nc1. The van der Waals surface area contributed by atoms with Gasteiger partial charge in [-0.25, -0.2) is 9.67 Å². The fourth-order valence-electron chi connectivity index (χ4n) is 3.12. The number of anilines is 1. The molecular weight excluding hydrogens is 354 g/mol. The highest BCUT2D eigenvalue weighted by Gasteiger charge is 2.12. The topological polar surface area (TPSA) is 72.3 Å². The normalized spacial score (nSPS) is 14.1. The number of morpholine rings is 1. The van der Waals surface area contributed by atoms with Gasteiger partial charge >= 0.3 is 0 Å². The Morgan fingerprint density at radius 1 is 1.04 bits per heavy atom. The van der Waals surface area contributed by atoms with Gasteiger partial charge in [0.25, 0.3) is 0 Å². The molecule has 4 rings (SSSR count). The zero-order valence-corrected chi connectivity index (χ0v) is 15.6. The Bertz CT molecular complexity index is 902. The minimum atomic E-state index is -0.0372. The van der Waals surface area contributed by atoms with Crippen LogP contribution in [0.2, 0.25) is 0 Å². The summed E-state index contributed by atoms with van der Waals surface area (Å²) < 4.78 is 7.14. The molecular formula is C21H23N5O2. The van der Waals surface area contributed by atoms with Gasteiger partial charge in [-0.05, 0) is 29.3 Å². The number of hydrogen-bond acceptors (Lipinski definition) is 5. The summed E-state index contributed by atoms with van der Waals surface area (Å²) in [6.07, 6.45) is 5.73. The molecule has 0 atom stereocenters. The number of nitrogens with one attached hydrogen (secondary N) is 1. The summed E-state index contributed by atoms with van der Waals surface area (Å²) in [5.74, 6) is 0.913. The number of ether oxygens (including phenoxy) is 1. The standard InChI is InChI=1S/C21H23N5O2/c27-21(12-18-15-24-26(16-18)19-4-2-1-3-5-19)23-14-17-6-7-20(22-13-17)25-8-10-28-11-9-25/h1-7,13,15-16H,8-12,14H2,(H,23,27). The molecule has 0 unspecified atom stereocenters. The number of amides is 1. The molecule has 28 heavy (non-hydrogen) atoms. The van der Waals surface area contributed by atoms with E-state index in [9.17, 15) is 4.79 Å². The van der Waals surface area contributed by atoms with Crippen molar-refractivity contribution in [3.8, 4) is 5.69 Å². The maximum absolute atomic E-state index is 12.3. The lowest BCUT2D eigenvalue weighted by Crippen LogP contribution is -2.36. The Morgan fingerprint density at radius 3 is 2.61 bits per heavy atom. The first-order valence-electron chi connectivity index (χ1n) is 9.41. The van der Waals surface area contributed by atoms with Crippen molar-refractivity contribution in [3.05, 3.63) is 72.2 Å². The predicted octanol–water partition coefficient (Wildman–Crippen LogP) is 1.96. The van der Waals surface area contributed by atoms with Gasteiger partial charge in [-0.1, -0.05) is 24.3 Å². The highest BCUT2D eigenvalue weighted by atomic mass is 16.5. The third kappa shape index (κ3) is 4.55. The van der Waals surface area contributed by atoms with E-state index in [-0.39, 0.29) is 5.91 Å². The number of hydrogen-bond donors (Lipinski definition) is 1. The lowest BCUT2D eigenvalue weighted by Gasteiger charge is -2.27. The number of rotatable bonds is 6. The molecule has 1 fully saturated rings. The Balaban J connectivity index is 1.28. The minimum absolute atomic E-state index is 0.0372. The second kappa shape index (κ2) is 8.67. The quantitative estimate of drug-likeness (QED) is 0.711. The van der Waals surface area contributed by atoms with Crippen molar-refractivity contribution >= 4 is 11.7 Å². The number of carbonyl (C=O) groups is 1. The molecule has 0 aliphatic carbocycles. The molecule has 1 amide bonds. The van der Waals surface area contributed by atoms with E-state index >= 15 is 0 Å². The van der Waals surface area contributed by atoms with Crippen LogP contribution in [0.1, 0.15) is 11.1 Å². The van der Waals surface area contributed by atoms with Crippen LogP contribution >= 0.6 is 0 Å². The van der Waals surface area contributed by atoms with Gasteiger partial charge in [-0.3, -0.25) is 4.79 Å². The number of aromatic nitrogens is 3. The van der Waals surface area contributed by atoms with Crippen LogP contribution in [0.25, 0.3) is 5.69 Å². The fourth-order valence-corrected chi connectivity index (χ4v) is 3.12. The first kappa shape index (κ1) is 18.2. The van der Waals surface area contributed by atoms with Crippen LogP contribution in [0.15, 0.2) is 61.1 Å². The molecule has 7 nitrogen and oxygen atoms in total. The smallest absolute Gasteiger partial charge is 0.224 e.